The Kier molecular flexibility index (Phi) is 12.1. The number of aryl methyl sites for hydroxylation is 1. The van der Waals surface area contributed by atoms with E-state index in [1.165, 1.54) is 43.2 Å². The molecule has 0 fully saturated rings. The maximum absolute atomic E-state index is 10.3. The van der Waals surface area contributed by atoms with Gasteiger partial charge in [-0.15, -0.1) is 0 Å². The minimum absolute atomic E-state index is 0.0420. The summed E-state index contributed by atoms with van der Waals surface area (Å²) in [4.78, 5) is 9.11. The first-order valence-electron chi connectivity index (χ1n) is 36.5. The topological polar surface area (TPSA) is 33.5 Å². The van der Waals surface area contributed by atoms with E-state index in [9.17, 15) is 9.60 Å². The molecule has 0 spiro atoms. The average Bonchev–Trinajstić information content (AvgIpc) is 1.61. The molecule has 0 amide bonds. The van der Waals surface area contributed by atoms with Gasteiger partial charge in [0.15, 0.2) is 0 Å². The highest BCUT2D eigenvalue weighted by Crippen LogP contribution is 2.52. The molecule has 0 bridgehead atoms. The van der Waals surface area contributed by atoms with E-state index in [1.54, 1.807) is 0 Å². The van der Waals surface area contributed by atoms with Crippen LogP contribution in [0.3, 0.4) is 0 Å². The van der Waals surface area contributed by atoms with Crippen LogP contribution in [0, 0.1) is 5.41 Å². The number of nitrogens with zero attached hydrogens (tertiary/aromatic N) is 4. The van der Waals surface area contributed by atoms with Crippen LogP contribution in [0.25, 0.3) is 61.0 Å². The van der Waals surface area contributed by atoms with E-state index in [-0.39, 0.29) is 74.2 Å². The summed E-state index contributed by atoms with van der Waals surface area (Å²) in [7, 11) is 0. The Morgan fingerprint density at radius 3 is 1.80 bits per heavy atom. The predicted octanol–water partition coefficient (Wildman–Crippen LogP) is 22.6. The number of hydrogen-bond donors (Lipinski definition) is 0. The van der Waals surface area contributed by atoms with E-state index in [0.717, 1.165) is 58.1 Å². The summed E-state index contributed by atoms with van der Waals surface area (Å²) in [6, 6.07) is 27.7. The van der Waals surface area contributed by atoms with Crippen molar-refractivity contribution in [2.75, 3.05) is 16.5 Å². The van der Waals surface area contributed by atoms with Crippen LogP contribution in [-0.4, -0.2) is 16.2 Å². The monoisotopic (exact) mass is 1120 g/mol. The van der Waals surface area contributed by atoms with Gasteiger partial charge in [-0.25, -0.2) is 4.98 Å². The minimum Gasteiger partial charge on any atom is -0.457 e. The number of fused-ring (bicyclic) bond motifs is 4. The quantitative estimate of drug-likeness (QED) is 0.0903. The highest BCUT2D eigenvalue weighted by molar-refractivity contribution is 6.10. The lowest BCUT2D eigenvalue weighted by Gasteiger charge is -2.31. The zero-order valence-electron chi connectivity index (χ0n) is 64.5. The summed E-state index contributed by atoms with van der Waals surface area (Å²) in [5, 5.41) is 2.24. The number of anilines is 4. The maximum atomic E-state index is 10.3. The van der Waals surface area contributed by atoms with Crippen molar-refractivity contribution in [1.29, 1.82) is 0 Å². The van der Waals surface area contributed by atoms with Crippen molar-refractivity contribution in [2.24, 2.45) is 5.41 Å². The molecule has 8 aromatic carbocycles. The standard InChI is InChI=1S/C79H88N4O/c1-14-15-16-17-18-21-33-56-45-69-66-39-38-65(51-73(66)83(72(69)46-59(56)52-76(2,3)4)74-49-60(40-41-80-74)77(5,6)7)84-64-35-28-34-63(50-64)81-53-82(71-37-27-26-36-70(71)81)75-67(55-31-24-20-25-32-55)47-62(79(11,12)13)48-68(75)58-42-57(54-29-22-19-23-30-54)43-61(44-58)78(8,9)10/h19-20,22-32,34-51H,14-18,21,33,52-53H2,1-13H3/i19D,20D,22D,23D,24D,25D,29D,30D,31D,32D,42D,43D,44D. The molecule has 0 radical (unpaired) electrons. The van der Waals surface area contributed by atoms with Crippen molar-refractivity contribution in [3.05, 3.63) is 216 Å². The van der Waals surface area contributed by atoms with Gasteiger partial charge in [-0.05, 0) is 170 Å². The Labute approximate surface area is 520 Å². The van der Waals surface area contributed by atoms with Crippen LogP contribution in [-0.2, 0) is 29.1 Å². The molecule has 0 saturated heterocycles. The zero-order chi connectivity index (χ0) is 70.4. The molecule has 10 aromatic rings. The lowest BCUT2D eigenvalue weighted by molar-refractivity contribution is 0.409. The maximum Gasteiger partial charge on any atom is 0.137 e. The molecule has 84 heavy (non-hydrogen) atoms. The first-order chi connectivity index (χ1) is 45.5. The molecule has 5 heteroatoms. The number of para-hydroxylation sites is 2. The van der Waals surface area contributed by atoms with E-state index >= 15 is 0 Å². The lowest BCUT2D eigenvalue weighted by Crippen LogP contribution is -2.25. The van der Waals surface area contributed by atoms with Crippen molar-refractivity contribution in [1.82, 2.24) is 9.55 Å². The van der Waals surface area contributed by atoms with Crippen LogP contribution >= 0.6 is 0 Å². The third-order valence-corrected chi connectivity index (χ3v) is 16.1. The van der Waals surface area contributed by atoms with Crippen LogP contribution < -0.4 is 14.5 Å². The molecule has 3 heterocycles. The number of rotatable bonds is 16. The minimum atomic E-state index is -0.994. The van der Waals surface area contributed by atoms with Crippen molar-refractivity contribution < 1.29 is 22.6 Å². The van der Waals surface area contributed by atoms with Crippen molar-refractivity contribution in [2.45, 2.75) is 158 Å². The van der Waals surface area contributed by atoms with Gasteiger partial charge in [0.25, 0.3) is 0 Å². The molecule has 430 valence electrons. The van der Waals surface area contributed by atoms with Crippen LogP contribution in [0.4, 0.5) is 22.7 Å². The second-order valence-electron chi connectivity index (χ2n) is 27.1. The van der Waals surface area contributed by atoms with Gasteiger partial charge in [0.05, 0.1) is 45.9 Å². The van der Waals surface area contributed by atoms with E-state index in [0.29, 0.717) is 28.4 Å². The van der Waals surface area contributed by atoms with Gasteiger partial charge in [0.1, 0.15) is 24.0 Å². The second-order valence-corrected chi connectivity index (χ2v) is 27.1. The summed E-state index contributed by atoms with van der Waals surface area (Å²) >= 11 is 0. The fourth-order valence-corrected chi connectivity index (χ4v) is 11.6. The van der Waals surface area contributed by atoms with Crippen LogP contribution in [0.2, 0.25) is 0 Å². The van der Waals surface area contributed by atoms with Crippen molar-refractivity contribution in [3.8, 4) is 50.7 Å². The number of pyridine rings is 1. The van der Waals surface area contributed by atoms with Crippen LogP contribution in [0.1, 0.15) is 174 Å². The first kappa shape index (κ1) is 43.7. The summed E-state index contributed by atoms with van der Waals surface area (Å²) in [6.45, 7) is 27.2. The van der Waals surface area contributed by atoms with Gasteiger partial charge >= 0.3 is 0 Å². The fraction of sp³-hybridized carbons (Fsp3) is 0.329. The van der Waals surface area contributed by atoms with E-state index in [1.807, 2.05) is 119 Å². The molecular formula is C79H88N4O. The highest BCUT2D eigenvalue weighted by atomic mass is 16.5. The highest BCUT2D eigenvalue weighted by Gasteiger charge is 2.34. The lowest BCUT2D eigenvalue weighted by atomic mass is 9.80. The molecule has 2 aromatic heterocycles. The van der Waals surface area contributed by atoms with Crippen LogP contribution in [0.5, 0.6) is 11.5 Å². The van der Waals surface area contributed by atoms with Gasteiger partial charge in [-0.3, -0.25) is 4.57 Å². The summed E-state index contributed by atoms with van der Waals surface area (Å²) in [5.41, 5.74) is 6.87. The van der Waals surface area contributed by atoms with E-state index in [2.05, 4.69) is 94.3 Å². The first-order valence-corrected chi connectivity index (χ1v) is 30.0. The van der Waals surface area contributed by atoms with Gasteiger partial charge < -0.3 is 14.5 Å². The Morgan fingerprint density at radius 2 is 1.12 bits per heavy atom. The Morgan fingerprint density at radius 1 is 0.500 bits per heavy atom. The van der Waals surface area contributed by atoms with Crippen LogP contribution in [0.15, 0.2) is 188 Å². The van der Waals surface area contributed by atoms with Gasteiger partial charge in [0, 0.05) is 45.9 Å². The molecule has 0 aliphatic carbocycles. The third kappa shape index (κ3) is 12.3. The van der Waals surface area contributed by atoms with Gasteiger partial charge in [-0.2, -0.15) is 0 Å². The van der Waals surface area contributed by atoms with E-state index < -0.39 is 77.3 Å². The SMILES string of the molecule is [2H]c1c([2H])c([2H])c(-c2cc(C(C)(C)C)cc(-c3c([2H])c(-c4c([2H])c([2H])c([2H])c([2H])c4[2H])c([2H])c(C(C)(C)C)c3[2H])c2N2CN(c3cccc(Oc4ccc5c6cc(CCCCCCCC)c(CC(C)(C)C)cc6n(-c6cc(C(C)(C)C)ccn6)c5c4)c3)c3ccccc32)c([2H])c1[2H]. The third-order valence-electron chi connectivity index (χ3n) is 16.1. The van der Waals surface area contributed by atoms with Crippen molar-refractivity contribution in [3.63, 3.8) is 0 Å². The Hall–Kier alpha value is -7.89. The molecule has 0 atom stereocenters. The summed E-state index contributed by atoms with van der Waals surface area (Å²) in [6.07, 6.45) is 11.1. The summed E-state index contributed by atoms with van der Waals surface area (Å²) in [5.74, 6) is 1.96. The normalized spacial score (nSPS) is 15.3. The van der Waals surface area contributed by atoms with E-state index in [4.69, 9.17) is 17.9 Å². The molecule has 0 N–H and O–H groups in total. The average molecular weight is 1120 g/mol. The molecule has 0 saturated carbocycles. The predicted molar refractivity (Wildman–Crippen MR) is 360 cm³/mol. The largest absolute Gasteiger partial charge is 0.457 e. The van der Waals surface area contributed by atoms with Crippen molar-refractivity contribution >= 4 is 44.6 Å². The van der Waals surface area contributed by atoms with Gasteiger partial charge in [-0.1, -0.05) is 213 Å². The molecule has 5 nitrogen and oxygen atoms in total. The van der Waals surface area contributed by atoms with Gasteiger partial charge in [0.2, 0.25) is 0 Å². The number of benzene rings is 8. The Bertz CT molecular complexity index is 4720. The smallest absolute Gasteiger partial charge is 0.137 e. The molecule has 0 unspecified atom stereocenters. The molecule has 1 aliphatic rings. The molecular weight excluding hydrogens is 1020 g/mol. The number of unbranched alkanes of at least 4 members (excludes halogenated alkanes) is 5. The molecule has 1 aliphatic heterocycles. The molecule has 11 rings (SSSR count). The second kappa shape index (κ2) is 23.3. The zero-order valence-corrected chi connectivity index (χ0v) is 51.5. The Balaban J connectivity index is 1.10. The fourth-order valence-electron chi connectivity index (χ4n) is 11.6. The number of hydrogen-bond acceptors (Lipinski definition) is 4. The number of aromatic nitrogens is 2. The summed E-state index contributed by atoms with van der Waals surface area (Å²) < 4.78 is 130. The number of ether oxygens (including phenoxy) is 1.